The van der Waals surface area contributed by atoms with Gasteiger partial charge in [0.05, 0.1) is 11.8 Å². The molecule has 1 saturated heterocycles. The van der Waals surface area contributed by atoms with E-state index in [0.29, 0.717) is 6.10 Å². The van der Waals surface area contributed by atoms with E-state index in [0.717, 1.165) is 43.5 Å². The molecular formula is C11H19N3OS. The van der Waals surface area contributed by atoms with Crippen LogP contribution in [0.15, 0.2) is 5.38 Å². The fourth-order valence-corrected chi connectivity index (χ4v) is 2.73. The fraction of sp³-hybridized carbons (Fsp3) is 0.727. The lowest BCUT2D eigenvalue weighted by molar-refractivity contribution is 0.0821. The second-order valence-corrected chi connectivity index (χ2v) is 4.97. The summed E-state index contributed by atoms with van der Waals surface area (Å²) in [4.78, 5) is 6.96. The lowest BCUT2D eigenvalue weighted by Gasteiger charge is -2.20. The second-order valence-electron chi connectivity index (χ2n) is 4.13. The molecule has 1 aromatic rings. The Hall–Kier alpha value is -0.650. The number of nitrogens with one attached hydrogen (secondary N) is 1. The highest BCUT2D eigenvalue weighted by molar-refractivity contribution is 7.13. The van der Waals surface area contributed by atoms with Gasteiger partial charge < -0.3 is 15.0 Å². The van der Waals surface area contributed by atoms with Crippen LogP contribution in [0, 0.1) is 0 Å². The van der Waals surface area contributed by atoms with Gasteiger partial charge in [0.25, 0.3) is 0 Å². The van der Waals surface area contributed by atoms with Crippen molar-refractivity contribution in [2.75, 3.05) is 31.6 Å². The molecule has 1 aliphatic heterocycles. The molecule has 0 aliphatic carbocycles. The zero-order valence-electron chi connectivity index (χ0n) is 9.90. The van der Waals surface area contributed by atoms with Crippen LogP contribution in [-0.4, -0.2) is 37.8 Å². The first-order chi connectivity index (χ1) is 7.79. The molecule has 90 valence electrons. The largest absolute Gasteiger partial charge is 0.377 e. The molecule has 5 heteroatoms. The highest BCUT2D eigenvalue weighted by Crippen LogP contribution is 2.22. The maximum absolute atomic E-state index is 5.63. The van der Waals surface area contributed by atoms with Gasteiger partial charge in [0.15, 0.2) is 5.13 Å². The van der Waals surface area contributed by atoms with Crippen LogP contribution in [0.1, 0.15) is 19.0 Å². The molecule has 0 amide bonds. The van der Waals surface area contributed by atoms with Crippen molar-refractivity contribution in [3.8, 4) is 0 Å². The summed E-state index contributed by atoms with van der Waals surface area (Å²) in [7, 11) is 1.95. The first-order valence-electron chi connectivity index (χ1n) is 5.75. The van der Waals surface area contributed by atoms with Crippen LogP contribution >= 0.6 is 11.3 Å². The number of aromatic nitrogens is 1. The average molecular weight is 241 g/mol. The molecule has 0 aromatic carbocycles. The van der Waals surface area contributed by atoms with Gasteiger partial charge in [-0.3, -0.25) is 0 Å². The Labute approximate surface area is 101 Å². The summed E-state index contributed by atoms with van der Waals surface area (Å²) in [5.74, 6) is 0. The SMILES string of the molecule is CNCc1csc(N2CCCOC(C)C2)n1. The van der Waals surface area contributed by atoms with Crippen molar-refractivity contribution in [2.24, 2.45) is 0 Å². The van der Waals surface area contributed by atoms with Crippen molar-refractivity contribution >= 4 is 16.5 Å². The van der Waals surface area contributed by atoms with Crippen molar-refractivity contribution in [3.05, 3.63) is 11.1 Å². The standard InChI is InChI=1S/C11H19N3OS/c1-9-7-14(4-3-5-15-9)11-13-10(6-12-2)8-16-11/h8-9,12H,3-7H2,1-2H3. The highest BCUT2D eigenvalue weighted by atomic mass is 32.1. The summed E-state index contributed by atoms with van der Waals surface area (Å²) in [6.45, 7) is 5.84. The molecule has 0 saturated carbocycles. The van der Waals surface area contributed by atoms with Gasteiger partial charge >= 0.3 is 0 Å². The van der Waals surface area contributed by atoms with Crippen LogP contribution in [0.25, 0.3) is 0 Å². The summed E-state index contributed by atoms with van der Waals surface area (Å²) in [6.07, 6.45) is 1.39. The third-order valence-corrected chi connectivity index (χ3v) is 3.57. The first kappa shape index (κ1) is 11.8. The molecule has 1 aliphatic rings. The maximum atomic E-state index is 5.63. The van der Waals surface area contributed by atoms with Crippen molar-refractivity contribution in [3.63, 3.8) is 0 Å². The van der Waals surface area contributed by atoms with E-state index in [1.165, 1.54) is 0 Å². The Kier molecular flexibility index (Phi) is 4.15. The van der Waals surface area contributed by atoms with Crippen LogP contribution < -0.4 is 10.2 Å². The minimum Gasteiger partial charge on any atom is -0.377 e. The van der Waals surface area contributed by atoms with Crippen LogP contribution in [-0.2, 0) is 11.3 Å². The monoisotopic (exact) mass is 241 g/mol. The van der Waals surface area contributed by atoms with Gasteiger partial charge in [-0.15, -0.1) is 11.3 Å². The third kappa shape index (κ3) is 2.93. The summed E-state index contributed by atoms with van der Waals surface area (Å²) in [6, 6.07) is 0. The lowest BCUT2D eigenvalue weighted by Crippen LogP contribution is -2.30. The van der Waals surface area contributed by atoms with Gasteiger partial charge in [-0.2, -0.15) is 0 Å². The Morgan fingerprint density at radius 1 is 1.69 bits per heavy atom. The van der Waals surface area contributed by atoms with Crippen molar-refractivity contribution < 1.29 is 4.74 Å². The van der Waals surface area contributed by atoms with E-state index in [2.05, 4.69) is 27.5 Å². The maximum Gasteiger partial charge on any atom is 0.185 e. The zero-order chi connectivity index (χ0) is 11.4. The van der Waals surface area contributed by atoms with E-state index < -0.39 is 0 Å². The van der Waals surface area contributed by atoms with Gasteiger partial charge in [0, 0.05) is 31.6 Å². The fourth-order valence-electron chi connectivity index (χ4n) is 1.87. The molecule has 0 bridgehead atoms. The molecule has 1 unspecified atom stereocenters. The summed E-state index contributed by atoms with van der Waals surface area (Å²) >= 11 is 1.73. The smallest absolute Gasteiger partial charge is 0.185 e. The van der Waals surface area contributed by atoms with E-state index in [9.17, 15) is 0 Å². The molecule has 1 atom stereocenters. The van der Waals surface area contributed by atoms with Crippen LogP contribution in [0.5, 0.6) is 0 Å². The molecule has 1 aromatic heterocycles. The average Bonchev–Trinajstić information content (AvgIpc) is 2.61. The van der Waals surface area contributed by atoms with Crippen molar-refractivity contribution in [2.45, 2.75) is 26.0 Å². The van der Waals surface area contributed by atoms with Gasteiger partial charge in [0.1, 0.15) is 0 Å². The van der Waals surface area contributed by atoms with Crippen molar-refractivity contribution in [1.29, 1.82) is 0 Å². The van der Waals surface area contributed by atoms with E-state index in [-0.39, 0.29) is 0 Å². The topological polar surface area (TPSA) is 37.4 Å². The molecule has 4 nitrogen and oxygen atoms in total. The summed E-state index contributed by atoms with van der Waals surface area (Å²) in [5.41, 5.74) is 1.13. The number of hydrogen-bond acceptors (Lipinski definition) is 5. The van der Waals surface area contributed by atoms with Crippen LogP contribution in [0.3, 0.4) is 0 Å². The quantitative estimate of drug-likeness (QED) is 0.870. The van der Waals surface area contributed by atoms with Gasteiger partial charge in [-0.25, -0.2) is 4.98 Å². The second kappa shape index (κ2) is 5.61. The molecule has 0 spiro atoms. The molecule has 0 radical (unpaired) electrons. The zero-order valence-corrected chi connectivity index (χ0v) is 10.7. The van der Waals surface area contributed by atoms with E-state index >= 15 is 0 Å². The Balaban J connectivity index is 2.03. The first-order valence-corrected chi connectivity index (χ1v) is 6.63. The normalized spacial score (nSPS) is 22.1. The Morgan fingerprint density at radius 3 is 3.38 bits per heavy atom. The van der Waals surface area contributed by atoms with E-state index in [1.54, 1.807) is 11.3 Å². The van der Waals surface area contributed by atoms with Crippen molar-refractivity contribution in [1.82, 2.24) is 10.3 Å². The number of thiazole rings is 1. The molecule has 2 heterocycles. The predicted molar refractivity (Wildman–Crippen MR) is 67.1 cm³/mol. The minimum atomic E-state index is 0.305. The van der Waals surface area contributed by atoms with Crippen LogP contribution in [0.2, 0.25) is 0 Å². The summed E-state index contributed by atoms with van der Waals surface area (Å²) in [5, 5.41) is 6.38. The number of rotatable bonds is 3. The van der Waals surface area contributed by atoms with Crippen LogP contribution in [0.4, 0.5) is 5.13 Å². The predicted octanol–water partition coefficient (Wildman–Crippen LogP) is 1.48. The van der Waals surface area contributed by atoms with Gasteiger partial charge in [-0.05, 0) is 20.4 Å². The number of hydrogen-bond donors (Lipinski definition) is 1. The van der Waals surface area contributed by atoms with Gasteiger partial charge in [-0.1, -0.05) is 0 Å². The molecule has 2 rings (SSSR count). The summed E-state index contributed by atoms with van der Waals surface area (Å²) < 4.78 is 5.63. The molecule has 1 fully saturated rings. The molecule has 1 N–H and O–H groups in total. The lowest BCUT2D eigenvalue weighted by atomic mass is 10.4. The Bertz CT molecular complexity index is 329. The Morgan fingerprint density at radius 2 is 2.56 bits per heavy atom. The number of nitrogens with zero attached hydrogens (tertiary/aromatic N) is 2. The number of anilines is 1. The van der Waals surface area contributed by atoms with Gasteiger partial charge in [0.2, 0.25) is 0 Å². The molecule has 16 heavy (non-hydrogen) atoms. The third-order valence-electron chi connectivity index (χ3n) is 2.62. The minimum absolute atomic E-state index is 0.305. The van der Waals surface area contributed by atoms with E-state index in [4.69, 9.17) is 4.74 Å². The highest BCUT2D eigenvalue weighted by Gasteiger charge is 2.17. The number of ether oxygens (including phenoxy) is 1. The van der Waals surface area contributed by atoms with E-state index in [1.807, 2.05) is 7.05 Å². The molecular weight excluding hydrogens is 222 g/mol.